The van der Waals surface area contributed by atoms with Crippen LogP contribution in [0.4, 0.5) is 5.69 Å². The Morgan fingerprint density at radius 1 is 1.44 bits per heavy atom. The van der Waals surface area contributed by atoms with E-state index in [1.165, 1.54) is 0 Å². The van der Waals surface area contributed by atoms with Crippen molar-refractivity contribution >= 4 is 28.1 Å². The first-order valence-corrected chi connectivity index (χ1v) is 9.50. The van der Waals surface area contributed by atoms with Gasteiger partial charge in [0.05, 0.1) is 23.0 Å². The van der Waals surface area contributed by atoms with Crippen molar-refractivity contribution < 1.29 is 0 Å². The fraction of sp³-hybridized carbons (Fsp3) is 0.389. The van der Waals surface area contributed by atoms with E-state index in [0.717, 1.165) is 60.5 Å². The fourth-order valence-corrected chi connectivity index (χ4v) is 4.04. The Labute approximate surface area is 150 Å². The first-order chi connectivity index (χ1) is 12.3. The van der Waals surface area contributed by atoms with Crippen LogP contribution >= 0.6 is 11.3 Å². The van der Waals surface area contributed by atoms with Gasteiger partial charge >= 0.3 is 0 Å². The summed E-state index contributed by atoms with van der Waals surface area (Å²) in [4.78, 5) is 14.6. The molecule has 0 radical (unpaired) electrons. The molecule has 4 heterocycles. The molecular formula is C18H20N6S. The largest absolute Gasteiger partial charge is 0.380 e. The molecule has 1 saturated heterocycles. The number of aromatic amines is 1. The number of piperidine rings is 1. The molecule has 1 atom stereocenters. The summed E-state index contributed by atoms with van der Waals surface area (Å²) in [6, 6.07) is 4.68. The molecule has 0 spiro atoms. The Kier molecular flexibility index (Phi) is 4.63. The lowest BCUT2D eigenvalue weighted by Crippen LogP contribution is -2.42. The van der Waals surface area contributed by atoms with Crippen molar-refractivity contribution in [2.24, 2.45) is 0 Å². The quantitative estimate of drug-likeness (QED) is 0.735. The zero-order valence-electron chi connectivity index (χ0n) is 13.9. The predicted octanol–water partition coefficient (Wildman–Crippen LogP) is 3.48. The molecule has 128 valence electrons. The average molecular weight is 352 g/mol. The van der Waals surface area contributed by atoms with Crippen LogP contribution in [0, 0.1) is 11.3 Å². The van der Waals surface area contributed by atoms with Crippen LogP contribution in [-0.4, -0.2) is 45.5 Å². The van der Waals surface area contributed by atoms with Crippen LogP contribution in [0.1, 0.15) is 19.3 Å². The Hall–Kier alpha value is -2.43. The van der Waals surface area contributed by atoms with Crippen LogP contribution in [0.3, 0.4) is 0 Å². The summed E-state index contributed by atoms with van der Waals surface area (Å²) in [5.74, 6) is 0. The standard InChI is InChI=1S/C18H20N6S/c19-5-2-8-24-7-1-3-13(10-24)23-17-14-4-6-20-18(14)21-9-15(17)16-11-25-12-22-16/h4,6,9,11-13H,1-3,7-8,10H2,(H2,20,21,23)/t13-/m1/s1. The molecule has 0 unspecified atom stereocenters. The summed E-state index contributed by atoms with van der Waals surface area (Å²) in [5, 5.41) is 15.7. The number of fused-ring (bicyclic) bond motifs is 1. The molecular weight excluding hydrogens is 332 g/mol. The second kappa shape index (κ2) is 7.21. The normalized spacial score (nSPS) is 18.3. The molecule has 3 aromatic rings. The lowest BCUT2D eigenvalue weighted by Gasteiger charge is -2.33. The second-order valence-corrected chi connectivity index (χ2v) is 7.07. The molecule has 1 aliphatic rings. The van der Waals surface area contributed by atoms with E-state index in [4.69, 9.17) is 5.26 Å². The van der Waals surface area contributed by atoms with Gasteiger partial charge in [-0.15, -0.1) is 11.3 Å². The maximum absolute atomic E-state index is 8.83. The first kappa shape index (κ1) is 16.1. The van der Waals surface area contributed by atoms with E-state index in [1.807, 2.05) is 17.9 Å². The molecule has 0 bridgehead atoms. The number of pyridine rings is 1. The lowest BCUT2D eigenvalue weighted by molar-refractivity contribution is 0.221. The maximum atomic E-state index is 8.83. The maximum Gasteiger partial charge on any atom is 0.139 e. The van der Waals surface area contributed by atoms with E-state index in [9.17, 15) is 0 Å². The third kappa shape index (κ3) is 3.36. The Bertz CT molecular complexity index is 879. The number of likely N-dealkylation sites (tertiary alicyclic amines) is 1. The molecule has 2 N–H and O–H groups in total. The van der Waals surface area contributed by atoms with E-state index in [2.05, 4.69) is 42.7 Å². The smallest absolute Gasteiger partial charge is 0.139 e. The number of nitriles is 1. The number of hydrogen-bond donors (Lipinski definition) is 2. The van der Waals surface area contributed by atoms with Crippen LogP contribution in [0.15, 0.2) is 29.4 Å². The zero-order chi connectivity index (χ0) is 17.1. The van der Waals surface area contributed by atoms with Gasteiger partial charge in [-0.25, -0.2) is 9.97 Å². The van der Waals surface area contributed by atoms with Crippen molar-refractivity contribution in [3.63, 3.8) is 0 Å². The summed E-state index contributed by atoms with van der Waals surface area (Å²) in [7, 11) is 0. The molecule has 0 aromatic carbocycles. The van der Waals surface area contributed by atoms with Crippen molar-refractivity contribution in [2.45, 2.75) is 25.3 Å². The van der Waals surface area contributed by atoms with Gasteiger partial charge < -0.3 is 15.2 Å². The van der Waals surface area contributed by atoms with E-state index in [-0.39, 0.29) is 0 Å². The van der Waals surface area contributed by atoms with Gasteiger partial charge in [-0.2, -0.15) is 5.26 Å². The molecule has 6 nitrogen and oxygen atoms in total. The number of rotatable bonds is 5. The summed E-state index contributed by atoms with van der Waals surface area (Å²) in [6.45, 7) is 2.89. The van der Waals surface area contributed by atoms with Crippen molar-refractivity contribution in [1.82, 2.24) is 19.9 Å². The Morgan fingerprint density at radius 3 is 3.24 bits per heavy atom. The van der Waals surface area contributed by atoms with Crippen LogP contribution in [0.25, 0.3) is 22.3 Å². The first-order valence-electron chi connectivity index (χ1n) is 8.55. The highest BCUT2D eigenvalue weighted by Crippen LogP contribution is 2.34. The highest BCUT2D eigenvalue weighted by molar-refractivity contribution is 7.07. The third-order valence-corrected chi connectivity index (χ3v) is 5.28. The van der Waals surface area contributed by atoms with Gasteiger partial charge in [0.1, 0.15) is 5.65 Å². The van der Waals surface area contributed by atoms with Crippen LogP contribution in [-0.2, 0) is 0 Å². The van der Waals surface area contributed by atoms with Crippen molar-refractivity contribution in [1.29, 1.82) is 5.26 Å². The van der Waals surface area contributed by atoms with Gasteiger partial charge in [0.25, 0.3) is 0 Å². The molecule has 0 saturated carbocycles. The minimum absolute atomic E-state index is 0.366. The zero-order valence-corrected chi connectivity index (χ0v) is 14.7. The molecule has 4 rings (SSSR count). The molecule has 3 aromatic heterocycles. The Morgan fingerprint density at radius 2 is 2.40 bits per heavy atom. The van der Waals surface area contributed by atoms with Gasteiger partial charge in [-0.1, -0.05) is 0 Å². The van der Waals surface area contributed by atoms with Crippen LogP contribution in [0.5, 0.6) is 0 Å². The van der Waals surface area contributed by atoms with E-state index in [1.54, 1.807) is 11.3 Å². The summed E-state index contributed by atoms with van der Waals surface area (Å²) >= 11 is 1.59. The van der Waals surface area contributed by atoms with E-state index >= 15 is 0 Å². The SMILES string of the molecule is N#CCCN1CCC[C@@H](Nc2c(-c3cscn3)cnc3[nH]ccc23)C1. The summed E-state index contributed by atoms with van der Waals surface area (Å²) in [6.07, 6.45) is 6.69. The topological polar surface area (TPSA) is 80.6 Å². The summed E-state index contributed by atoms with van der Waals surface area (Å²) in [5.41, 5.74) is 5.84. The molecule has 1 fully saturated rings. The van der Waals surface area contributed by atoms with Crippen LogP contribution in [0.2, 0.25) is 0 Å². The number of aromatic nitrogens is 3. The molecule has 0 amide bonds. The minimum Gasteiger partial charge on any atom is -0.380 e. The minimum atomic E-state index is 0.366. The number of nitrogens with one attached hydrogen (secondary N) is 2. The van der Waals surface area contributed by atoms with Crippen LogP contribution < -0.4 is 5.32 Å². The van der Waals surface area contributed by atoms with Crippen molar-refractivity contribution in [2.75, 3.05) is 25.0 Å². The number of nitrogens with zero attached hydrogens (tertiary/aromatic N) is 4. The van der Waals surface area contributed by atoms with E-state index in [0.29, 0.717) is 12.5 Å². The third-order valence-electron chi connectivity index (χ3n) is 4.69. The molecule has 25 heavy (non-hydrogen) atoms. The second-order valence-electron chi connectivity index (χ2n) is 6.35. The summed E-state index contributed by atoms with van der Waals surface area (Å²) < 4.78 is 0. The molecule has 1 aliphatic heterocycles. The van der Waals surface area contributed by atoms with Crippen molar-refractivity contribution in [3.8, 4) is 17.3 Å². The van der Waals surface area contributed by atoms with Gasteiger partial charge in [-0.3, -0.25) is 0 Å². The molecule has 7 heteroatoms. The van der Waals surface area contributed by atoms with Gasteiger partial charge in [0, 0.05) is 54.3 Å². The highest BCUT2D eigenvalue weighted by atomic mass is 32.1. The van der Waals surface area contributed by atoms with Gasteiger partial charge in [-0.05, 0) is 25.5 Å². The lowest BCUT2D eigenvalue weighted by atomic mass is 10.0. The van der Waals surface area contributed by atoms with Crippen molar-refractivity contribution in [3.05, 3.63) is 29.4 Å². The number of anilines is 1. The predicted molar refractivity (Wildman–Crippen MR) is 101 cm³/mol. The fourth-order valence-electron chi connectivity index (χ4n) is 3.49. The Balaban J connectivity index is 1.63. The number of thiazole rings is 1. The molecule has 0 aliphatic carbocycles. The van der Waals surface area contributed by atoms with Gasteiger partial charge in [0.2, 0.25) is 0 Å². The number of hydrogen-bond acceptors (Lipinski definition) is 6. The average Bonchev–Trinajstić information content (AvgIpc) is 3.32. The van der Waals surface area contributed by atoms with Gasteiger partial charge in [0.15, 0.2) is 0 Å². The highest BCUT2D eigenvalue weighted by Gasteiger charge is 2.22. The number of H-pyrrole nitrogens is 1. The van der Waals surface area contributed by atoms with E-state index < -0.39 is 0 Å². The monoisotopic (exact) mass is 352 g/mol.